The number of amides is 1. The van der Waals surface area contributed by atoms with Crippen LogP contribution in [0.25, 0.3) is 5.82 Å². The number of halogens is 1. The Morgan fingerprint density at radius 2 is 2.05 bits per heavy atom. The summed E-state index contributed by atoms with van der Waals surface area (Å²) in [5.41, 5.74) is 1.02. The van der Waals surface area contributed by atoms with Crippen LogP contribution >= 0.6 is 11.6 Å². The van der Waals surface area contributed by atoms with Crippen LogP contribution in [0.1, 0.15) is 10.4 Å². The zero-order chi connectivity index (χ0) is 14.7. The van der Waals surface area contributed by atoms with E-state index in [2.05, 4.69) is 20.4 Å². The number of carbonyl (C=O) groups excluding carboxylic acids is 1. The van der Waals surface area contributed by atoms with Gasteiger partial charge in [-0.3, -0.25) is 4.79 Å². The molecule has 0 bridgehead atoms. The van der Waals surface area contributed by atoms with E-state index in [1.165, 1.54) is 6.20 Å². The number of rotatable bonds is 3. The molecule has 0 atom stereocenters. The number of hydrogen-bond acceptors (Lipinski definition) is 4. The Hall–Kier alpha value is -2.73. The molecule has 1 amide bonds. The summed E-state index contributed by atoms with van der Waals surface area (Å²) in [4.78, 5) is 20.1. The van der Waals surface area contributed by atoms with Gasteiger partial charge < -0.3 is 5.32 Å². The van der Waals surface area contributed by atoms with E-state index in [1.54, 1.807) is 47.5 Å². The van der Waals surface area contributed by atoms with Gasteiger partial charge in [-0.15, -0.1) is 0 Å². The highest BCUT2D eigenvalue weighted by molar-refractivity contribution is 6.29. The lowest BCUT2D eigenvalue weighted by Gasteiger charge is -2.06. The Kier molecular flexibility index (Phi) is 3.61. The highest BCUT2D eigenvalue weighted by atomic mass is 35.5. The van der Waals surface area contributed by atoms with Gasteiger partial charge in [-0.25, -0.2) is 14.6 Å². The number of hydrogen-bond donors (Lipinski definition) is 1. The van der Waals surface area contributed by atoms with Gasteiger partial charge in [0.2, 0.25) is 0 Å². The second-order valence-electron chi connectivity index (χ2n) is 4.18. The number of carbonyl (C=O) groups is 1. The number of aromatic nitrogens is 4. The molecule has 7 heteroatoms. The largest absolute Gasteiger partial charge is 0.321 e. The van der Waals surface area contributed by atoms with E-state index < -0.39 is 0 Å². The summed E-state index contributed by atoms with van der Waals surface area (Å²) in [5.74, 6) is 0.402. The molecule has 6 nitrogen and oxygen atoms in total. The molecule has 3 aromatic heterocycles. The van der Waals surface area contributed by atoms with Crippen LogP contribution in [0.5, 0.6) is 0 Å². The Balaban J connectivity index is 1.73. The SMILES string of the molecule is O=C(Nc1ccc(-n2cccn2)nc1)c1ccc(Cl)nc1. The molecule has 0 spiro atoms. The van der Waals surface area contributed by atoms with Crippen molar-refractivity contribution in [1.29, 1.82) is 0 Å². The van der Waals surface area contributed by atoms with Crippen molar-refractivity contribution in [3.63, 3.8) is 0 Å². The highest BCUT2D eigenvalue weighted by Crippen LogP contribution is 2.11. The smallest absolute Gasteiger partial charge is 0.257 e. The summed E-state index contributed by atoms with van der Waals surface area (Å²) in [5, 5.41) is 7.16. The Morgan fingerprint density at radius 3 is 2.67 bits per heavy atom. The fourth-order valence-corrected chi connectivity index (χ4v) is 1.83. The second kappa shape index (κ2) is 5.72. The fraction of sp³-hybridized carbons (Fsp3) is 0. The summed E-state index contributed by atoms with van der Waals surface area (Å²) in [6.07, 6.45) is 6.45. The second-order valence-corrected chi connectivity index (χ2v) is 4.57. The minimum Gasteiger partial charge on any atom is -0.321 e. The van der Waals surface area contributed by atoms with Gasteiger partial charge in [-0.1, -0.05) is 11.6 Å². The van der Waals surface area contributed by atoms with E-state index in [0.717, 1.165) is 0 Å². The maximum atomic E-state index is 12.0. The molecule has 0 aliphatic carbocycles. The van der Waals surface area contributed by atoms with Crippen molar-refractivity contribution in [2.24, 2.45) is 0 Å². The van der Waals surface area contributed by atoms with Crippen molar-refractivity contribution in [1.82, 2.24) is 19.7 Å². The predicted molar refractivity (Wildman–Crippen MR) is 78.6 cm³/mol. The molecular weight excluding hydrogens is 290 g/mol. The van der Waals surface area contributed by atoms with Crippen LogP contribution in [0.2, 0.25) is 5.15 Å². The first-order valence-corrected chi connectivity index (χ1v) is 6.49. The molecule has 1 N–H and O–H groups in total. The summed E-state index contributed by atoms with van der Waals surface area (Å²) in [6.45, 7) is 0. The number of pyridine rings is 2. The molecule has 104 valence electrons. The average Bonchev–Trinajstić information content (AvgIpc) is 3.03. The van der Waals surface area contributed by atoms with Crippen molar-refractivity contribution < 1.29 is 4.79 Å². The molecular formula is C14H10ClN5O. The monoisotopic (exact) mass is 299 g/mol. The zero-order valence-corrected chi connectivity index (χ0v) is 11.5. The molecule has 0 fully saturated rings. The Labute approximate surface area is 125 Å². The van der Waals surface area contributed by atoms with Crippen LogP contribution in [0.3, 0.4) is 0 Å². The van der Waals surface area contributed by atoms with Crippen molar-refractivity contribution >= 4 is 23.2 Å². The quantitative estimate of drug-likeness (QED) is 0.754. The molecule has 0 saturated heterocycles. The van der Waals surface area contributed by atoms with Crippen molar-refractivity contribution in [2.75, 3.05) is 5.32 Å². The minimum absolute atomic E-state index is 0.271. The first kappa shape index (κ1) is 13.3. The van der Waals surface area contributed by atoms with Gasteiger partial charge >= 0.3 is 0 Å². The number of anilines is 1. The molecule has 0 aromatic carbocycles. The molecule has 0 radical (unpaired) electrons. The van der Waals surface area contributed by atoms with E-state index in [0.29, 0.717) is 22.2 Å². The molecule has 3 rings (SSSR count). The van der Waals surface area contributed by atoms with Crippen molar-refractivity contribution in [3.8, 4) is 5.82 Å². The van der Waals surface area contributed by atoms with Crippen LogP contribution in [-0.4, -0.2) is 25.7 Å². The summed E-state index contributed by atoms with van der Waals surface area (Å²) >= 11 is 5.68. The number of nitrogens with zero attached hydrogens (tertiary/aromatic N) is 4. The van der Waals surface area contributed by atoms with E-state index in [-0.39, 0.29) is 5.91 Å². The first-order chi connectivity index (χ1) is 10.2. The van der Waals surface area contributed by atoms with Gasteiger partial charge in [0.15, 0.2) is 5.82 Å². The van der Waals surface area contributed by atoms with Gasteiger partial charge in [0.05, 0.1) is 17.4 Å². The highest BCUT2D eigenvalue weighted by Gasteiger charge is 2.07. The van der Waals surface area contributed by atoms with Gasteiger partial charge in [-0.2, -0.15) is 5.10 Å². The summed E-state index contributed by atoms with van der Waals surface area (Å²) in [6, 6.07) is 8.50. The van der Waals surface area contributed by atoms with Gasteiger partial charge in [0.25, 0.3) is 5.91 Å². The van der Waals surface area contributed by atoms with Crippen molar-refractivity contribution in [2.45, 2.75) is 0 Å². The third kappa shape index (κ3) is 3.06. The Bertz CT molecular complexity index is 738. The lowest BCUT2D eigenvalue weighted by molar-refractivity contribution is 0.102. The minimum atomic E-state index is -0.271. The lowest BCUT2D eigenvalue weighted by Crippen LogP contribution is -2.12. The third-order valence-corrected chi connectivity index (χ3v) is 2.96. The van der Waals surface area contributed by atoms with E-state index >= 15 is 0 Å². The molecule has 21 heavy (non-hydrogen) atoms. The van der Waals surface area contributed by atoms with Crippen LogP contribution in [0.4, 0.5) is 5.69 Å². The lowest BCUT2D eigenvalue weighted by atomic mass is 10.2. The average molecular weight is 300 g/mol. The molecule has 3 aromatic rings. The standard InChI is InChI=1S/C14H10ClN5O/c15-12-4-2-10(8-16-12)14(21)19-11-3-5-13(17-9-11)20-7-1-6-18-20/h1-9H,(H,19,21). The molecule has 0 aliphatic heterocycles. The van der Waals surface area contributed by atoms with Gasteiger partial charge in [0, 0.05) is 18.6 Å². The third-order valence-electron chi connectivity index (χ3n) is 2.73. The molecule has 0 aliphatic rings. The zero-order valence-electron chi connectivity index (χ0n) is 10.8. The van der Waals surface area contributed by atoms with Crippen LogP contribution in [0, 0.1) is 0 Å². The molecule has 0 unspecified atom stereocenters. The summed E-state index contributed by atoms with van der Waals surface area (Å²) < 4.78 is 1.63. The van der Waals surface area contributed by atoms with Gasteiger partial charge in [-0.05, 0) is 30.3 Å². The Morgan fingerprint density at radius 1 is 1.14 bits per heavy atom. The number of nitrogens with one attached hydrogen (secondary N) is 1. The first-order valence-electron chi connectivity index (χ1n) is 6.11. The topological polar surface area (TPSA) is 72.7 Å². The van der Waals surface area contributed by atoms with E-state index in [9.17, 15) is 4.79 Å². The van der Waals surface area contributed by atoms with Crippen LogP contribution in [0.15, 0.2) is 55.1 Å². The van der Waals surface area contributed by atoms with Crippen molar-refractivity contribution in [3.05, 3.63) is 65.8 Å². The van der Waals surface area contributed by atoms with E-state index in [4.69, 9.17) is 11.6 Å². The summed E-state index contributed by atoms with van der Waals surface area (Å²) in [7, 11) is 0. The normalized spacial score (nSPS) is 10.3. The molecule has 0 saturated carbocycles. The maximum absolute atomic E-state index is 12.0. The van der Waals surface area contributed by atoms with Crippen LogP contribution in [-0.2, 0) is 0 Å². The fourth-order valence-electron chi connectivity index (χ4n) is 1.71. The van der Waals surface area contributed by atoms with E-state index in [1.807, 2.05) is 6.07 Å². The maximum Gasteiger partial charge on any atom is 0.257 e. The van der Waals surface area contributed by atoms with Crippen LogP contribution < -0.4 is 5.32 Å². The molecule has 3 heterocycles. The van der Waals surface area contributed by atoms with Gasteiger partial charge in [0.1, 0.15) is 5.15 Å². The predicted octanol–water partition coefficient (Wildman–Crippen LogP) is 2.57.